The Labute approximate surface area is 227 Å². The van der Waals surface area contributed by atoms with Crippen LogP contribution in [0.25, 0.3) is 16.3 Å². The Bertz CT molecular complexity index is 1590. The van der Waals surface area contributed by atoms with Crippen LogP contribution in [-0.2, 0) is 11.4 Å². The highest BCUT2D eigenvalue weighted by Gasteiger charge is 2.41. The van der Waals surface area contributed by atoms with Crippen LogP contribution in [0.3, 0.4) is 0 Å². The molecule has 1 heterocycles. The van der Waals surface area contributed by atoms with Crippen LogP contribution >= 0.6 is 23.2 Å². The molecule has 1 N–H and O–H groups in total. The highest BCUT2D eigenvalue weighted by Crippen LogP contribution is 2.52. The number of nitrogens with one attached hydrogen (secondary N) is 1. The minimum atomic E-state index is -0.302. The number of para-hydroxylation sites is 1. The lowest BCUT2D eigenvalue weighted by Gasteiger charge is -2.40. The van der Waals surface area contributed by atoms with E-state index in [-0.39, 0.29) is 17.2 Å². The number of fused-ring (bicyclic) bond motifs is 4. The van der Waals surface area contributed by atoms with Gasteiger partial charge in [-0.2, -0.15) is 0 Å². The maximum atomic E-state index is 13.8. The quantitative estimate of drug-likeness (QED) is 0.287. The molecule has 4 aromatic rings. The Morgan fingerprint density at radius 3 is 2.57 bits per heavy atom. The van der Waals surface area contributed by atoms with Gasteiger partial charge >= 0.3 is 0 Å². The van der Waals surface area contributed by atoms with Crippen molar-refractivity contribution in [2.75, 3.05) is 5.32 Å². The van der Waals surface area contributed by atoms with Crippen LogP contribution in [0.15, 0.2) is 84.4 Å². The Balaban J connectivity index is 1.47. The number of allylic oxidation sites excluding steroid dienone is 1. The monoisotopic (exact) mass is 527 g/mol. The molecule has 0 spiro atoms. The van der Waals surface area contributed by atoms with Crippen LogP contribution in [0.5, 0.6) is 5.75 Å². The molecule has 0 saturated carbocycles. The summed E-state index contributed by atoms with van der Waals surface area (Å²) in [6.07, 6.45) is 1.37. The van der Waals surface area contributed by atoms with Crippen molar-refractivity contribution < 1.29 is 9.53 Å². The maximum Gasteiger partial charge on any atom is 0.162 e. The number of carbonyl (C=O) groups is 1. The fraction of sp³-hybridized carbons (Fsp3) is 0.219. The number of benzene rings is 4. The number of ketones is 1. The van der Waals surface area contributed by atoms with E-state index in [0.29, 0.717) is 23.1 Å². The summed E-state index contributed by atoms with van der Waals surface area (Å²) >= 11 is 12.5. The van der Waals surface area contributed by atoms with Crippen molar-refractivity contribution in [2.24, 2.45) is 5.41 Å². The summed E-state index contributed by atoms with van der Waals surface area (Å²) in [5.41, 5.74) is 5.88. The van der Waals surface area contributed by atoms with Crippen LogP contribution < -0.4 is 10.1 Å². The van der Waals surface area contributed by atoms with Gasteiger partial charge in [0.15, 0.2) is 5.78 Å². The summed E-state index contributed by atoms with van der Waals surface area (Å²) in [5.74, 6) is 0.914. The zero-order chi connectivity index (χ0) is 25.7. The van der Waals surface area contributed by atoms with Crippen molar-refractivity contribution in [3.8, 4) is 5.75 Å². The molecule has 0 radical (unpaired) electrons. The molecule has 1 atom stereocenters. The lowest BCUT2D eigenvalue weighted by molar-refractivity contribution is -0.118. The first-order chi connectivity index (χ1) is 17.8. The van der Waals surface area contributed by atoms with Crippen molar-refractivity contribution in [1.29, 1.82) is 0 Å². The molecule has 4 aromatic carbocycles. The van der Waals surface area contributed by atoms with Crippen LogP contribution in [-0.4, -0.2) is 5.78 Å². The first-order valence-corrected chi connectivity index (χ1v) is 13.3. The van der Waals surface area contributed by atoms with Crippen molar-refractivity contribution in [2.45, 2.75) is 39.3 Å². The number of hydrogen-bond donors (Lipinski definition) is 1. The van der Waals surface area contributed by atoms with Crippen LogP contribution in [0.4, 0.5) is 5.69 Å². The largest absolute Gasteiger partial charge is 0.488 e. The van der Waals surface area contributed by atoms with Gasteiger partial charge in [0, 0.05) is 44.4 Å². The third kappa shape index (κ3) is 4.41. The van der Waals surface area contributed by atoms with E-state index in [1.807, 2.05) is 36.4 Å². The van der Waals surface area contributed by atoms with E-state index >= 15 is 0 Å². The Hall–Kier alpha value is -3.27. The minimum absolute atomic E-state index is 0.104. The number of hydrogen-bond acceptors (Lipinski definition) is 3. The Kier molecular flexibility index (Phi) is 6.01. The fourth-order valence-corrected chi connectivity index (χ4v) is 6.18. The summed E-state index contributed by atoms with van der Waals surface area (Å²) < 4.78 is 6.31. The van der Waals surface area contributed by atoms with Gasteiger partial charge in [0.05, 0.1) is 6.04 Å². The Morgan fingerprint density at radius 2 is 1.73 bits per heavy atom. The molecular formula is C32H27Cl2NO2. The normalized spacial score (nSPS) is 18.3. The molecule has 0 saturated heterocycles. The molecule has 2 aliphatic rings. The lowest BCUT2D eigenvalue weighted by atomic mass is 9.68. The molecule has 6 rings (SSSR count). The highest BCUT2D eigenvalue weighted by atomic mass is 35.5. The predicted molar refractivity (Wildman–Crippen MR) is 152 cm³/mol. The van der Waals surface area contributed by atoms with Crippen molar-refractivity contribution in [3.63, 3.8) is 0 Å². The van der Waals surface area contributed by atoms with Crippen LogP contribution in [0.1, 0.15) is 49.4 Å². The second-order valence-corrected chi connectivity index (χ2v) is 11.5. The van der Waals surface area contributed by atoms with Crippen molar-refractivity contribution in [3.05, 3.63) is 111 Å². The van der Waals surface area contributed by atoms with Crippen LogP contribution in [0.2, 0.25) is 10.0 Å². The van der Waals surface area contributed by atoms with Gasteiger partial charge < -0.3 is 10.1 Å². The molecule has 5 heteroatoms. The summed E-state index contributed by atoms with van der Waals surface area (Å²) in [6, 6.07) is 25.7. The van der Waals surface area contributed by atoms with E-state index in [1.54, 1.807) is 6.07 Å². The number of halogens is 2. The highest BCUT2D eigenvalue weighted by molar-refractivity contribution is 6.35. The molecule has 1 aliphatic heterocycles. The zero-order valence-electron chi connectivity index (χ0n) is 20.8. The molecule has 0 aromatic heterocycles. The van der Waals surface area contributed by atoms with Gasteiger partial charge in [-0.25, -0.2) is 0 Å². The third-order valence-electron chi connectivity index (χ3n) is 7.37. The van der Waals surface area contributed by atoms with Gasteiger partial charge in [-0.05, 0) is 52.4 Å². The summed E-state index contributed by atoms with van der Waals surface area (Å²) in [7, 11) is 0. The molecule has 186 valence electrons. The molecular weight excluding hydrogens is 501 g/mol. The molecule has 0 fully saturated rings. The van der Waals surface area contributed by atoms with E-state index in [1.165, 1.54) is 10.8 Å². The molecule has 0 bridgehead atoms. The van der Waals surface area contributed by atoms with E-state index in [4.69, 9.17) is 27.9 Å². The van der Waals surface area contributed by atoms with Crippen molar-refractivity contribution >= 4 is 51.0 Å². The number of ether oxygens (including phenoxy) is 1. The van der Waals surface area contributed by atoms with Gasteiger partial charge in [0.1, 0.15) is 12.4 Å². The SMILES string of the molecule is CC1(C)CC(=O)C2=C(C1)c1c(ccc3ccccc13)N[C@@H]2c1ccccc1OCc1ccc(Cl)cc1Cl. The van der Waals surface area contributed by atoms with Gasteiger partial charge in [-0.15, -0.1) is 0 Å². The van der Waals surface area contributed by atoms with Gasteiger partial charge in [-0.3, -0.25) is 4.79 Å². The van der Waals surface area contributed by atoms with E-state index in [9.17, 15) is 4.79 Å². The summed E-state index contributed by atoms with van der Waals surface area (Å²) in [5, 5.41) is 7.22. The lowest BCUT2D eigenvalue weighted by Crippen LogP contribution is -2.33. The number of rotatable bonds is 4. The molecule has 0 amide bonds. The smallest absolute Gasteiger partial charge is 0.162 e. The molecule has 37 heavy (non-hydrogen) atoms. The summed E-state index contributed by atoms with van der Waals surface area (Å²) in [4.78, 5) is 13.8. The van der Waals surface area contributed by atoms with Crippen LogP contribution in [0, 0.1) is 5.41 Å². The molecule has 3 nitrogen and oxygen atoms in total. The second-order valence-electron chi connectivity index (χ2n) is 10.7. The third-order valence-corrected chi connectivity index (χ3v) is 7.95. The minimum Gasteiger partial charge on any atom is -0.488 e. The van der Waals surface area contributed by atoms with E-state index in [2.05, 4.69) is 55.6 Å². The number of anilines is 1. The Morgan fingerprint density at radius 1 is 0.946 bits per heavy atom. The van der Waals surface area contributed by atoms with E-state index < -0.39 is 0 Å². The molecule has 1 aliphatic carbocycles. The standard InChI is InChI=1S/C32H27Cl2NO2/c1-32(2)16-24-29-22-8-4-3-7-19(22)12-14-26(29)35-31(30(24)27(36)17-32)23-9-5-6-10-28(23)37-18-20-11-13-21(33)15-25(20)34/h3-15,31,35H,16-18H2,1-2H3/t31-/m1/s1. The second kappa shape index (κ2) is 9.24. The predicted octanol–water partition coefficient (Wildman–Crippen LogP) is 9.04. The topological polar surface area (TPSA) is 38.3 Å². The first-order valence-electron chi connectivity index (χ1n) is 12.5. The zero-order valence-corrected chi connectivity index (χ0v) is 22.3. The van der Waals surface area contributed by atoms with Crippen molar-refractivity contribution in [1.82, 2.24) is 0 Å². The average Bonchev–Trinajstić information content (AvgIpc) is 2.87. The first kappa shape index (κ1) is 24.1. The maximum absolute atomic E-state index is 13.8. The average molecular weight is 528 g/mol. The summed E-state index contributed by atoms with van der Waals surface area (Å²) in [6.45, 7) is 4.67. The molecule has 0 unspecified atom stereocenters. The number of Topliss-reactive ketones (excluding diaryl/α,β-unsaturated/α-hetero) is 1. The fourth-order valence-electron chi connectivity index (χ4n) is 5.72. The van der Waals surface area contributed by atoms with Gasteiger partial charge in [0.25, 0.3) is 0 Å². The van der Waals surface area contributed by atoms with Gasteiger partial charge in [0.2, 0.25) is 0 Å². The number of carbonyl (C=O) groups excluding carboxylic acids is 1. The van der Waals surface area contributed by atoms with Gasteiger partial charge in [-0.1, -0.05) is 91.6 Å². The van der Waals surface area contributed by atoms with E-state index in [0.717, 1.165) is 45.7 Å².